The van der Waals surface area contributed by atoms with Crippen LogP contribution in [0.25, 0.3) is 10.9 Å². The molecule has 1 atom stereocenters. The number of nitrogens with zero attached hydrogens (tertiary/aromatic N) is 2. The summed E-state index contributed by atoms with van der Waals surface area (Å²) in [4.78, 5) is 2.57. The van der Waals surface area contributed by atoms with E-state index in [1.54, 1.807) is 0 Å². The standard InChI is InChI=1S/C17H22N2O/c1-13-10-14-6-5-7-16-17(14)19(13)12-15(20-16)11-18-8-3-2-4-9-18/h5-7,10,15H,2-4,8-9,11-12H2,1H3. The zero-order chi connectivity index (χ0) is 13.5. The average molecular weight is 270 g/mol. The molecular formula is C17H22N2O. The number of aromatic nitrogens is 1. The lowest BCUT2D eigenvalue weighted by Crippen LogP contribution is -2.42. The lowest BCUT2D eigenvalue weighted by atomic mass is 10.1. The highest BCUT2D eigenvalue weighted by molar-refractivity contribution is 5.87. The van der Waals surface area contributed by atoms with Gasteiger partial charge in [0.2, 0.25) is 0 Å². The summed E-state index contributed by atoms with van der Waals surface area (Å²) < 4.78 is 8.69. The van der Waals surface area contributed by atoms with Crippen molar-refractivity contribution in [3.05, 3.63) is 30.0 Å². The highest BCUT2D eigenvalue weighted by Gasteiger charge is 2.25. The van der Waals surface area contributed by atoms with Gasteiger partial charge in [-0.15, -0.1) is 0 Å². The second-order valence-corrected chi connectivity index (χ2v) is 6.19. The van der Waals surface area contributed by atoms with Gasteiger partial charge in [0.25, 0.3) is 0 Å². The van der Waals surface area contributed by atoms with Crippen LogP contribution in [0.4, 0.5) is 0 Å². The quantitative estimate of drug-likeness (QED) is 0.834. The Kier molecular flexibility index (Phi) is 2.95. The summed E-state index contributed by atoms with van der Waals surface area (Å²) in [7, 11) is 0. The van der Waals surface area contributed by atoms with Crippen LogP contribution < -0.4 is 4.74 Å². The summed E-state index contributed by atoms with van der Waals surface area (Å²) in [6, 6.07) is 8.66. The molecule has 2 aliphatic rings. The fourth-order valence-electron chi connectivity index (χ4n) is 3.70. The minimum atomic E-state index is 0.289. The number of hydrogen-bond acceptors (Lipinski definition) is 2. The molecule has 1 fully saturated rings. The Morgan fingerprint density at radius 3 is 2.90 bits per heavy atom. The molecule has 0 radical (unpaired) electrons. The third kappa shape index (κ3) is 2.01. The summed E-state index contributed by atoms with van der Waals surface area (Å²) in [6.45, 7) is 6.73. The van der Waals surface area contributed by atoms with Crippen LogP contribution in [0.1, 0.15) is 25.0 Å². The van der Waals surface area contributed by atoms with Crippen molar-refractivity contribution in [2.45, 2.75) is 38.8 Å². The molecule has 2 aromatic rings. The maximum atomic E-state index is 6.26. The Morgan fingerprint density at radius 1 is 1.20 bits per heavy atom. The molecule has 1 aromatic carbocycles. The number of likely N-dealkylation sites (tertiary alicyclic amines) is 1. The summed E-state index contributed by atoms with van der Waals surface area (Å²) in [5.74, 6) is 1.06. The Hall–Kier alpha value is -1.48. The van der Waals surface area contributed by atoms with Crippen molar-refractivity contribution in [3.8, 4) is 5.75 Å². The van der Waals surface area contributed by atoms with E-state index in [1.807, 2.05) is 0 Å². The van der Waals surface area contributed by atoms with Crippen LogP contribution in [0, 0.1) is 6.92 Å². The summed E-state index contributed by atoms with van der Waals surface area (Å²) >= 11 is 0. The maximum absolute atomic E-state index is 6.26. The molecule has 0 saturated carbocycles. The first kappa shape index (κ1) is 12.3. The van der Waals surface area contributed by atoms with Gasteiger partial charge in [0, 0.05) is 17.6 Å². The molecule has 3 heterocycles. The molecule has 3 heteroatoms. The zero-order valence-electron chi connectivity index (χ0n) is 12.1. The van der Waals surface area contributed by atoms with Crippen LogP contribution >= 0.6 is 0 Å². The van der Waals surface area contributed by atoms with Gasteiger partial charge in [0.1, 0.15) is 11.9 Å². The molecule has 1 unspecified atom stereocenters. The van der Waals surface area contributed by atoms with Gasteiger partial charge in [-0.3, -0.25) is 4.90 Å². The Morgan fingerprint density at radius 2 is 2.05 bits per heavy atom. The largest absolute Gasteiger partial charge is 0.485 e. The molecule has 0 aliphatic carbocycles. The molecule has 4 rings (SSSR count). The van der Waals surface area contributed by atoms with E-state index >= 15 is 0 Å². The molecule has 0 N–H and O–H groups in total. The molecule has 2 aliphatic heterocycles. The SMILES string of the molecule is Cc1cc2cccc3c2n1CC(CN1CCCCC1)O3. The Labute approximate surface area is 120 Å². The molecular weight excluding hydrogens is 248 g/mol. The van der Waals surface area contributed by atoms with E-state index in [0.29, 0.717) is 0 Å². The normalized spacial score (nSPS) is 22.9. The molecule has 3 nitrogen and oxygen atoms in total. The third-order valence-electron chi connectivity index (χ3n) is 4.68. The number of rotatable bonds is 2. The van der Waals surface area contributed by atoms with Gasteiger partial charge < -0.3 is 9.30 Å². The molecule has 0 amide bonds. The molecule has 0 bridgehead atoms. The lowest BCUT2D eigenvalue weighted by molar-refractivity contribution is 0.101. The average Bonchev–Trinajstić information content (AvgIpc) is 2.78. The number of hydrogen-bond donors (Lipinski definition) is 0. The number of para-hydroxylation sites is 1. The van der Waals surface area contributed by atoms with E-state index in [1.165, 1.54) is 48.9 Å². The predicted molar refractivity (Wildman–Crippen MR) is 81.4 cm³/mol. The second kappa shape index (κ2) is 4.81. The molecule has 20 heavy (non-hydrogen) atoms. The van der Waals surface area contributed by atoms with Crippen molar-refractivity contribution in [3.63, 3.8) is 0 Å². The Balaban J connectivity index is 1.60. The van der Waals surface area contributed by atoms with Crippen molar-refractivity contribution < 1.29 is 4.74 Å². The maximum Gasteiger partial charge on any atom is 0.144 e. The van der Waals surface area contributed by atoms with Crippen LogP contribution in [-0.4, -0.2) is 35.2 Å². The minimum Gasteiger partial charge on any atom is -0.485 e. The van der Waals surface area contributed by atoms with Crippen LogP contribution in [0.3, 0.4) is 0 Å². The molecule has 0 spiro atoms. The molecule has 1 saturated heterocycles. The van der Waals surface area contributed by atoms with Gasteiger partial charge in [0.05, 0.1) is 12.1 Å². The van der Waals surface area contributed by atoms with Gasteiger partial charge in [0.15, 0.2) is 0 Å². The van der Waals surface area contributed by atoms with Crippen molar-refractivity contribution in [2.75, 3.05) is 19.6 Å². The van der Waals surface area contributed by atoms with E-state index in [9.17, 15) is 0 Å². The van der Waals surface area contributed by atoms with Crippen molar-refractivity contribution in [1.82, 2.24) is 9.47 Å². The van der Waals surface area contributed by atoms with Crippen molar-refractivity contribution >= 4 is 10.9 Å². The number of benzene rings is 1. The monoisotopic (exact) mass is 270 g/mol. The van der Waals surface area contributed by atoms with Gasteiger partial charge in [-0.25, -0.2) is 0 Å². The minimum absolute atomic E-state index is 0.289. The van der Waals surface area contributed by atoms with E-state index in [-0.39, 0.29) is 6.10 Å². The second-order valence-electron chi connectivity index (χ2n) is 6.19. The first-order chi connectivity index (χ1) is 9.81. The van der Waals surface area contributed by atoms with E-state index in [4.69, 9.17) is 4.74 Å². The fourth-order valence-corrected chi connectivity index (χ4v) is 3.70. The third-order valence-corrected chi connectivity index (χ3v) is 4.68. The van der Waals surface area contributed by atoms with Crippen LogP contribution in [0.2, 0.25) is 0 Å². The van der Waals surface area contributed by atoms with Gasteiger partial charge in [-0.2, -0.15) is 0 Å². The first-order valence-electron chi connectivity index (χ1n) is 7.79. The smallest absolute Gasteiger partial charge is 0.144 e. The van der Waals surface area contributed by atoms with Crippen LogP contribution in [0.15, 0.2) is 24.3 Å². The Bertz CT molecular complexity index is 625. The van der Waals surface area contributed by atoms with Crippen LogP contribution in [0.5, 0.6) is 5.75 Å². The van der Waals surface area contributed by atoms with E-state index in [2.05, 4.69) is 40.7 Å². The van der Waals surface area contributed by atoms with Crippen LogP contribution in [-0.2, 0) is 6.54 Å². The predicted octanol–water partition coefficient (Wildman–Crippen LogP) is 3.20. The number of ether oxygens (including phenoxy) is 1. The number of aryl methyl sites for hydroxylation is 1. The fraction of sp³-hybridized carbons (Fsp3) is 0.529. The van der Waals surface area contributed by atoms with Crippen molar-refractivity contribution in [2.24, 2.45) is 0 Å². The highest BCUT2D eigenvalue weighted by Crippen LogP contribution is 2.33. The molecule has 1 aromatic heterocycles. The van der Waals surface area contributed by atoms with Gasteiger partial charge in [-0.1, -0.05) is 18.6 Å². The van der Waals surface area contributed by atoms with Gasteiger partial charge in [-0.05, 0) is 45.0 Å². The topological polar surface area (TPSA) is 17.4 Å². The van der Waals surface area contributed by atoms with Crippen molar-refractivity contribution in [1.29, 1.82) is 0 Å². The van der Waals surface area contributed by atoms with Gasteiger partial charge >= 0.3 is 0 Å². The molecule has 106 valence electrons. The zero-order valence-corrected chi connectivity index (χ0v) is 12.1. The number of piperidine rings is 1. The summed E-state index contributed by atoms with van der Waals surface area (Å²) in [5.41, 5.74) is 2.62. The van der Waals surface area contributed by atoms with E-state index in [0.717, 1.165) is 18.8 Å². The first-order valence-corrected chi connectivity index (χ1v) is 7.79. The highest BCUT2D eigenvalue weighted by atomic mass is 16.5. The summed E-state index contributed by atoms with van der Waals surface area (Å²) in [5, 5.41) is 1.30. The van der Waals surface area contributed by atoms with E-state index < -0.39 is 0 Å². The lowest BCUT2D eigenvalue weighted by Gasteiger charge is -2.33. The summed E-state index contributed by atoms with van der Waals surface area (Å²) in [6.07, 6.45) is 4.37.